The van der Waals surface area contributed by atoms with Crippen LogP contribution < -0.4 is 5.73 Å². The zero-order chi connectivity index (χ0) is 12.1. The van der Waals surface area contributed by atoms with Gasteiger partial charge in [0.15, 0.2) is 0 Å². The molecule has 0 saturated carbocycles. The fraction of sp³-hybridized carbons (Fsp3) is 0.182. The van der Waals surface area contributed by atoms with Gasteiger partial charge in [-0.1, -0.05) is 11.8 Å². The second-order valence-corrected chi connectivity index (χ2v) is 3.12. The second kappa shape index (κ2) is 4.81. The number of nitrogens with two attached hydrogens (primary N) is 1. The van der Waals surface area contributed by atoms with E-state index in [0.29, 0.717) is 11.1 Å². The summed E-state index contributed by atoms with van der Waals surface area (Å²) in [5, 5.41) is 18.9. The summed E-state index contributed by atoms with van der Waals surface area (Å²) in [4.78, 5) is 10.1. The summed E-state index contributed by atoms with van der Waals surface area (Å²) in [6, 6.07) is 4.72. The van der Waals surface area contributed by atoms with E-state index in [2.05, 4.69) is 11.8 Å². The standard InChI is InChI=1S/C11H9N3O2/c1-8-6-9(4-2-3-5-12)10(13)7-11(8)14(15)16/h6-7H,3,13H2,1H3. The molecule has 16 heavy (non-hydrogen) atoms. The Morgan fingerprint density at radius 3 is 2.81 bits per heavy atom. The fourth-order valence-corrected chi connectivity index (χ4v) is 1.20. The van der Waals surface area contributed by atoms with E-state index >= 15 is 0 Å². The van der Waals surface area contributed by atoms with Crippen LogP contribution in [0.4, 0.5) is 11.4 Å². The first kappa shape index (κ1) is 11.5. The van der Waals surface area contributed by atoms with Gasteiger partial charge in [0.25, 0.3) is 5.69 Å². The van der Waals surface area contributed by atoms with E-state index in [1.165, 1.54) is 6.07 Å². The Morgan fingerprint density at radius 1 is 1.56 bits per heavy atom. The highest BCUT2D eigenvalue weighted by Crippen LogP contribution is 2.23. The monoisotopic (exact) mass is 215 g/mol. The number of nitrogen functional groups attached to an aromatic ring is 1. The Hall–Kier alpha value is -2.53. The lowest BCUT2D eigenvalue weighted by molar-refractivity contribution is -0.385. The fourth-order valence-electron chi connectivity index (χ4n) is 1.20. The second-order valence-electron chi connectivity index (χ2n) is 3.12. The molecule has 0 aliphatic heterocycles. The third-order valence-electron chi connectivity index (χ3n) is 1.96. The van der Waals surface area contributed by atoms with Crippen LogP contribution in [0.15, 0.2) is 12.1 Å². The number of aryl methyl sites for hydroxylation is 1. The zero-order valence-corrected chi connectivity index (χ0v) is 8.65. The molecule has 0 bridgehead atoms. The molecule has 0 aliphatic carbocycles. The molecule has 0 atom stereocenters. The largest absolute Gasteiger partial charge is 0.398 e. The van der Waals surface area contributed by atoms with Gasteiger partial charge >= 0.3 is 0 Å². The molecule has 0 saturated heterocycles. The maximum Gasteiger partial charge on any atom is 0.274 e. The van der Waals surface area contributed by atoms with Gasteiger partial charge in [0.2, 0.25) is 0 Å². The maximum absolute atomic E-state index is 10.6. The molecule has 1 aromatic rings. The molecule has 2 N–H and O–H groups in total. The number of benzene rings is 1. The van der Waals surface area contributed by atoms with Gasteiger partial charge in [-0.15, -0.1) is 0 Å². The van der Waals surface area contributed by atoms with Gasteiger partial charge in [0.05, 0.1) is 23.1 Å². The summed E-state index contributed by atoms with van der Waals surface area (Å²) in [7, 11) is 0. The van der Waals surface area contributed by atoms with Crippen LogP contribution in [0.3, 0.4) is 0 Å². The molecule has 0 aromatic heterocycles. The van der Waals surface area contributed by atoms with Crippen molar-refractivity contribution in [1.29, 1.82) is 5.26 Å². The van der Waals surface area contributed by atoms with Gasteiger partial charge in [-0.3, -0.25) is 10.1 Å². The molecular formula is C11H9N3O2. The van der Waals surface area contributed by atoms with Gasteiger partial charge in [-0.2, -0.15) is 5.26 Å². The SMILES string of the molecule is Cc1cc(C#CCC#N)c(N)cc1[N+](=O)[O-]. The quantitative estimate of drug-likeness (QED) is 0.334. The molecule has 0 aliphatic rings. The average Bonchev–Trinajstić information content (AvgIpc) is 2.22. The molecule has 1 aromatic carbocycles. The van der Waals surface area contributed by atoms with Crippen LogP contribution in [-0.2, 0) is 0 Å². The van der Waals surface area contributed by atoms with E-state index in [0.717, 1.165) is 0 Å². The van der Waals surface area contributed by atoms with Crippen molar-refractivity contribution in [3.05, 3.63) is 33.4 Å². The molecule has 0 unspecified atom stereocenters. The highest BCUT2D eigenvalue weighted by molar-refractivity contribution is 5.63. The average molecular weight is 215 g/mol. The molecule has 1 rings (SSSR count). The molecule has 0 amide bonds. The van der Waals surface area contributed by atoms with Crippen LogP contribution in [0.1, 0.15) is 17.5 Å². The van der Waals surface area contributed by atoms with Crippen molar-refractivity contribution in [2.24, 2.45) is 0 Å². The Labute approximate surface area is 92.6 Å². The first-order valence-electron chi connectivity index (χ1n) is 4.46. The summed E-state index contributed by atoms with van der Waals surface area (Å²) >= 11 is 0. The third kappa shape index (κ3) is 2.49. The van der Waals surface area contributed by atoms with Crippen molar-refractivity contribution in [1.82, 2.24) is 0 Å². The minimum atomic E-state index is -0.488. The van der Waals surface area contributed by atoms with Gasteiger partial charge in [0.1, 0.15) is 0 Å². The predicted octanol–water partition coefficient (Wildman–Crippen LogP) is 1.75. The summed E-state index contributed by atoms with van der Waals surface area (Å²) in [5.41, 5.74) is 6.86. The molecule has 80 valence electrons. The number of nitro groups is 1. The zero-order valence-electron chi connectivity index (χ0n) is 8.65. The van der Waals surface area contributed by atoms with Crippen molar-refractivity contribution in [3.8, 4) is 17.9 Å². The Morgan fingerprint density at radius 2 is 2.25 bits per heavy atom. The molecule has 0 fully saturated rings. The van der Waals surface area contributed by atoms with Crippen molar-refractivity contribution in [2.75, 3.05) is 5.73 Å². The topological polar surface area (TPSA) is 93.0 Å². The Balaban J connectivity index is 3.18. The van der Waals surface area contributed by atoms with E-state index in [4.69, 9.17) is 11.0 Å². The lowest BCUT2D eigenvalue weighted by atomic mass is 10.1. The van der Waals surface area contributed by atoms with Crippen molar-refractivity contribution in [2.45, 2.75) is 13.3 Å². The van der Waals surface area contributed by atoms with E-state index < -0.39 is 4.92 Å². The predicted molar refractivity (Wildman–Crippen MR) is 59.4 cm³/mol. The normalized spacial score (nSPS) is 8.75. The van der Waals surface area contributed by atoms with Gasteiger partial charge in [-0.25, -0.2) is 0 Å². The molecule has 0 spiro atoms. The summed E-state index contributed by atoms with van der Waals surface area (Å²) in [5.74, 6) is 5.31. The molecule has 5 heteroatoms. The maximum atomic E-state index is 10.6. The van der Waals surface area contributed by atoms with Crippen LogP contribution in [0.2, 0.25) is 0 Å². The number of hydrogen-bond acceptors (Lipinski definition) is 4. The van der Waals surface area contributed by atoms with Crippen molar-refractivity contribution >= 4 is 11.4 Å². The first-order valence-corrected chi connectivity index (χ1v) is 4.46. The smallest absolute Gasteiger partial charge is 0.274 e. The highest BCUT2D eigenvalue weighted by atomic mass is 16.6. The Bertz CT molecular complexity index is 533. The van der Waals surface area contributed by atoms with E-state index in [9.17, 15) is 10.1 Å². The minimum absolute atomic E-state index is 0.0247. The van der Waals surface area contributed by atoms with Crippen LogP contribution in [0, 0.1) is 40.2 Å². The van der Waals surface area contributed by atoms with E-state index in [1.807, 2.05) is 6.07 Å². The lowest BCUT2D eigenvalue weighted by Crippen LogP contribution is -1.97. The minimum Gasteiger partial charge on any atom is -0.398 e. The highest BCUT2D eigenvalue weighted by Gasteiger charge is 2.12. The molecule has 0 radical (unpaired) electrons. The third-order valence-corrected chi connectivity index (χ3v) is 1.96. The summed E-state index contributed by atoms with van der Waals surface area (Å²) in [6.07, 6.45) is 0.107. The summed E-state index contributed by atoms with van der Waals surface area (Å²) < 4.78 is 0. The van der Waals surface area contributed by atoms with Crippen LogP contribution >= 0.6 is 0 Å². The molecular weight excluding hydrogens is 206 g/mol. The lowest BCUT2D eigenvalue weighted by Gasteiger charge is -2.01. The van der Waals surface area contributed by atoms with Crippen molar-refractivity contribution in [3.63, 3.8) is 0 Å². The first-order chi connectivity index (χ1) is 7.56. The number of nitro benzene ring substituents is 1. The number of anilines is 1. The number of rotatable bonds is 1. The van der Waals surface area contributed by atoms with Gasteiger partial charge in [0, 0.05) is 17.2 Å². The number of nitrogens with zero attached hydrogens (tertiary/aromatic N) is 2. The van der Waals surface area contributed by atoms with Gasteiger partial charge in [-0.05, 0) is 13.0 Å². The van der Waals surface area contributed by atoms with Crippen LogP contribution in [-0.4, -0.2) is 4.92 Å². The van der Waals surface area contributed by atoms with Crippen LogP contribution in [0.25, 0.3) is 0 Å². The van der Waals surface area contributed by atoms with Crippen molar-refractivity contribution < 1.29 is 4.92 Å². The Kier molecular flexibility index (Phi) is 3.47. The number of nitriles is 1. The van der Waals surface area contributed by atoms with E-state index in [-0.39, 0.29) is 17.8 Å². The van der Waals surface area contributed by atoms with Gasteiger partial charge < -0.3 is 5.73 Å². The summed E-state index contributed by atoms with van der Waals surface area (Å²) in [6.45, 7) is 1.62. The van der Waals surface area contributed by atoms with E-state index in [1.54, 1.807) is 13.0 Å². The van der Waals surface area contributed by atoms with Crippen LogP contribution in [0.5, 0.6) is 0 Å². The molecule has 5 nitrogen and oxygen atoms in total. The number of hydrogen-bond donors (Lipinski definition) is 1. The molecule has 0 heterocycles.